The van der Waals surface area contributed by atoms with Gasteiger partial charge in [0.1, 0.15) is 16.5 Å². The van der Waals surface area contributed by atoms with Crippen molar-refractivity contribution in [3.63, 3.8) is 0 Å². The minimum Gasteiger partial charge on any atom is -0.465 e. The van der Waals surface area contributed by atoms with Crippen LogP contribution >= 0.6 is 22.7 Å². The van der Waals surface area contributed by atoms with Gasteiger partial charge in [-0.05, 0) is 56.4 Å². The van der Waals surface area contributed by atoms with E-state index in [-0.39, 0.29) is 28.5 Å². The third kappa shape index (κ3) is 7.23. The van der Waals surface area contributed by atoms with Crippen LogP contribution in [-0.4, -0.2) is 62.0 Å². The summed E-state index contributed by atoms with van der Waals surface area (Å²) < 4.78 is 37.9. The van der Waals surface area contributed by atoms with Crippen molar-refractivity contribution in [1.29, 1.82) is 0 Å². The number of allylic oxidation sites excluding steroid dienone is 1. The van der Waals surface area contributed by atoms with Gasteiger partial charge in [0, 0.05) is 11.4 Å². The molecule has 0 bridgehead atoms. The Kier molecular flexibility index (Phi) is 10.1. The highest BCUT2D eigenvalue weighted by atomic mass is 32.2. The highest BCUT2D eigenvalue weighted by Crippen LogP contribution is 2.38. The number of carbonyl (C=O) groups excluding carboxylic acids is 4. The van der Waals surface area contributed by atoms with E-state index in [0.717, 1.165) is 47.5 Å². The Morgan fingerprint density at radius 2 is 1.86 bits per heavy atom. The summed E-state index contributed by atoms with van der Waals surface area (Å²) >= 11 is 2.36. The molecule has 0 atom stereocenters. The number of rotatable bonds is 10. The monoisotopic (exact) mass is 633 g/mol. The fourth-order valence-corrected chi connectivity index (χ4v) is 8.10. The molecule has 3 aromatic rings. The van der Waals surface area contributed by atoms with E-state index in [0.29, 0.717) is 22.2 Å². The van der Waals surface area contributed by atoms with Gasteiger partial charge in [-0.15, -0.1) is 17.9 Å². The first-order chi connectivity index (χ1) is 20.1. The van der Waals surface area contributed by atoms with Crippen LogP contribution in [0.4, 0.5) is 5.00 Å². The zero-order valence-electron chi connectivity index (χ0n) is 23.3. The second-order valence-electron chi connectivity index (χ2n) is 9.53. The van der Waals surface area contributed by atoms with Crippen LogP contribution in [0.2, 0.25) is 0 Å². The molecule has 1 N–H and O–H groups in total. The summed E-state index contributed by atoms with van der Waals surface area (Å²) in [5.74, 6) is -4.83. The number of nitrogens with one attached hydrogen (secondary N) is 1. The van der Waals surface area contributed by atoms with Gasteiger partial charge in [0.25, 0.3) is 5.91 Å². The molecule has 0 fully saturated rings. The molecule has 4 rings (SSSR count). The first-order valence-electron chi connectivity index (χ1n) is 13.3. The van der Waals surface area contributed by atoms with Crippen molar-refractivity contribution < 1.29 is 37.1 Å². The molecule has 0 radical (unpaired) electrons. The van der Waals surface area contributed by atoms with Gasteiger partial charge in [0.2, 0.25) is 5.91 Å². The summed E-state index contributed by atoms with van der Waals surface area (Å²) in [6.45, 7) is 5.85. The molecule has 0 saturated carbocycles. The van der Waals surface area contributed by atoms with Crippen molar-refractivity contribution in [2.75, 3.05) is 30.5 Å². The molecular weight excluding hydrogens is 603 g/mol. The van der Waals surface area contributed by atoms with Crippen LogP contribution in [0.5, 0.6) is 0 Å². The van der Waals surface area contributed by atoms with Gasteiger partial charge in [-0.25, -0.2) is 18.0 Å². The van der Waals surface area contributed by atoms with E-state index < -0.39 is 45.1 Å². The lowest BCUT2D eigenvalue weighted by atomic mass is 10.1. The topological polar surface area (TPSA) is 150 Å². The molecule has 1 aliphatic carbocycles. The van der Waals surface area contributed by atoms with E-state index in [4.69, 9.17) is 9.47 Å². The number of thiophene rings is 1. The van der Waals surface area contributed by atoms with Crippen molar-refractivity contribution in [2.24, 2.45) is 4.99 Å². The number of nitrogens with zero attached hydrogens (tertiary/aromatic N) is 2. The number of anilines is 1. The molecular formula is C28H31N3O8S3. The van der Waals surface area contributed by atoms with Crippen LogP contribution in [0.3, 0.4) is 0 Å². The largest absolute Gasteiger partial charge is 0.465 e. The maximum absolute atomic E-state index is 12.8. The molecule has 0 aliphatic heterocycles. The summed E-state index contributed by atoms with van der Waals surface area (Å²) in [4.78, 5) is 55.4. The first kappa shape index (κ1) is 31.3. The van der Waals surface area contributed by atoms with Gasteiger partial charge < -0.3 is 19.4 Å². The van der Waals surface area contributed by atoms with Crippen LogP contribution < -0.4 is 10.1 Å². The molecule has 14 heteroatoms. The average molecular weight is 634 g/mol. The number of aromatic nitrogens is 1. The minimum absolute atomic E-state index is 0.163. The maximum atomic E-state index is 12.8. The highest BCUT2D eigenvalue weighted by molar-refractivity contribution is 7.92. The van der Waals surface area contributed by atoms with Crippen molar-refractivity contribution in [3.8, 4) is 0 Å². The summed E-state index contributed by atoms with van der Waals surface area (Å²) in [6, 6.07) is 4.86. The van der Waals surface area contributed by atoms with Gasteiger partial charge in [-0.1, -0.05) is 23.8 Å². The molecule has 2 amide bonds. The number of methoxy groups -OCH3 is 1. The molecule has 1 aliphatic rings. The Morgan fingerprint density at radius 3 is 2.57 bits per heavy atom. The van der Waals surface area contributed by atoms with Crippen LogP contribution in [0.1, 0.15) is 57.3 Å². The molecule has 0 unspecified atom stereocenters. The zero-order valence-corrected chi connectivity index (χ0v) is 25.7. The Hall–Kier alpha value is -3.62. The quantitative estimate of drug-likeness (QED) is 0.202. The zero-order chi connectivity index (χ0) is 30.4. The van der Waals surface area contributed by atoms with Crippen molar-refractivity contribution in [1.82, 2.24) is 4.57 Å². The standard InChI is InChI=1S/C28H31N3O8S3/c1-4-13-31-19-12-11-17(26(34)38-3)14-21(19)41-28(31)30-23(33)16-42(36,37)15-22(32)29-25-24(27(35)39-5-2)18-9-7-6-8-10-20(18)40-25/h4,11-12,14H,1,5-10,13,15-16H2,2-3H3,(H,29,32). The predicted octanol–water partition coefficient (Wildman–Crippen LogP) is 3.66. The maximum Gasteiger partial charge on any atom is 0.341 e. The number of fused-ring (bicyclic) bond motifs is 2. The fourth-order valence-electron chi connectivity index (χ4n) is 4.70. The molecule has 0 saturated heterocycles. The molecule has 11 nitrogen and oxygen atoms in total. The number of benzene rings is 1. The van der Waals surface area contributed by atoms with E-state index in [1.54, 1.807) is 35.8 Å². The molecule has 2 heterocycles. The molecule has 2 aromatic heterocycles. The Balaban J connectivity index is 1.53. The van der Waals surface area contributed by atoms with E-state index >= 15 is 0 Å². The molecule has 42 heavy (non-hydrogen) atoms. The lowest BCUT2D eigenvalue weighted by molar-refractivity contribution is -0.115. The third-order valence-corrected chi connectivity index (χ3v) is 10.1. The van der Waals surface area contributed by atoms with Crippen molar-refractivity contribution in [2.45, 2.75) is 45.6 Å². The Labute approximate surface area is 250 Å². The summed E-state index contributed by atoms with van der Waals surface area (Å²) in [5, 5.41) is 2.84. The number of hydrogen-bond donors (Lipinski definition) is 1. The molecule has 1 aromatic carbocycles. The minimum atomic E-state index is -4.20. The SMILES string of the molecule is C=CCn1c(=NC(=O)CS(=O)(=O)CC(=O)Nc2sc3c(c2C(=O)OCC)CCCCC3)sc2cc(C(=O)OC)ccc21. The van der Waals surface area contributed by atoms with Crippen molar-refractivity contribution >= 4 is 71.5 Å². The van der Waals surface area contributed by atoms with E-state index in [2.05, 4.69) is 16.9 Å². The van der Waals surface area contributed by atoms with Gasteiger partial charge in [0.05, 0.1) is 35.1 Å². The number of amides is 2. The normalized spacial score (nSPS) is 13.7. The summed E-state index contributed by atoms with van der Waals surface area (Å²) in [6.07, 6.45) is 5.94. The summed E-state index contributed by atoms with van der Waals surface area (Å²) in [7, 11) is -2.93. The molecule has 0 spiro atoms. The number of carbonyl (C=O) groups is 4. The Bertz CT molecular complexity index is 1730. The lowest BCUT2D eigenvalue weighted by Crippen LogP contribution is -2.28. The van der Waals surface area contributed by atoms with Crippen molar-refractivity contribution in [3.05, 3.63) is 57.2 Å². The van der Waals surface area contributed by atoms with E-state index in [1.807, 2.05) is 0 Å². The van der Waals surface area contributed by atoms with Crippen LogP contribution in [0.15, 0.2) is 35.8 Å². The van der Waals surface area contributed by atoms with Gasteiger partial charge in [0.15, 0.2) is 14.6 Å². The fraction of sp³-hybridized carbons (Fsp3) is 0.393. The van der Waals surface area contributed by atoms with Crippen LogP contribution in [-0.2, 0) is 48.3 Å². The lowest BCUT2D eigenvalue weighted by Gasteiger charge is -2.08. The molecule has 224 valence electrons. The summed E-state index contributed by atoms with van der Waals surface area (Å²) in [5.41, 5.74) is 2.12. The number of sulfone groups is 1. The van der Waals surface area contributed by atoms with Gasteiger partial charge >= 0.3 is 11.9 Å². The van der Waals surface area contributed by atoms with Gasteiger partial charge in [-0.2, -0.15) is 4.99 Å². The van der Waals surface area contributed by atoms with Gasteiger partial charge in [-0.3, -0.25) is 9.59 Å². The number of esters is 2. The number of ether oxygens (including phenoxy) is 2. The Morgan fingerprint density at radius 1 is 1.10 bits per heavy atom. The third-order valence-electron chi connectivity index (χ3n) is 6.48. The highest BCUT2D eigenvalue weighted by Gasteiger charge is 2.28. The van der Waals surface area contributed by atoms with E-state index in [9.17, 15) is 27.6 Å². The van der Waals surface area contributed by atoms with E-state index in [1.165, 1.54) is 18.4 Å². The smallest absolute Gasteiger partial charge is 0.341 e. The number of hydrogen-bond acceptors (Lipinski definition) is 10. The number of aryl methyl sites for hydroxylation is 1. The first-order valence-corrected chi connectivity index (χ1v) is 16.7. The second-order valence-corrected chi connectivity index (χ2v) is 13.7. The number of thiazole rings is 1. The van der Waals surface area contributed by atoms with Crippen LogP contribution in [0.25, 0.3) is 10.2 Å². The second kappa shape index (κ2) is 13.6. The predicted molar refractivity (Wildman–Crippen MR) is 161 cm³/mol. The van der Waals surface area contributed by atoms with Crippen LogP contribution in [0, 0.1) is 0 Å². The average Bonchev–Trinajstić information content (AvgIpc) is 3.33.